The van der Waals surface area contributed by atoms with E-state index in [1.54, 1.807) is 12.1 Å². The Bertz CT molecular complexity index is 516. The SMILES string of the molecule is Cc1cc(Cl)ccc1Oc1nccnc1N. The molecule has 0 unspecified atom stereocenters. The van der Waals surface area contributed by atoms with Gasteiger partial charge in [0, 0.05) is 17.4 Å². The minimum absolute atomic E-state index is 0.261. The Kier molecular flexibility index (Phi) is 2.92. The summed E-state index contributed by atoms with van der Waals surface area (Å²) >= 11 is 5.84. The van der Waals surface area contributed by atoms with Gasteiger partial charge in [-0.25, -0.2) is 9.97 Å². The molecule has 0 bridgehead atoms. The fourth-order valence-corrected chi connectivity index (χ4v) is 1.47. The van der Waals surface area contributed by atoms with Crippen molar-refractivity contribution in [2.45, 2.75) is 6.92 Å². The maximum absolute atomic E-state index is 5.84. The quantitative estimate of drug-likeness (QED) is 0.870. The summed E-state index contributed by atoms with van der Waals surface area (Å²) in [5.74, 6) is 1.22. The number of nitrogens with zero attached hydrogens (tertiary/aromatic N) is 2. The molecule has 0 aliphatic carbocycles. The molecule has 0 atom stereocenters. The Morgan fingerprint density at radius 2 is 2.00 bits per heavy atom. The molecule has 0 spiro atoms. The van der Waals surface area contributed by atoms with Crippen LogP contribution in [0.4, 0.5) is 5.82 Å². The van der Waals surface area contributed by atoms with Crippen LogP contribution in [-0.2, 0) is 0 Å². The summed E-state index contributed by atoms with van der Waals surface area (Å²) in [6, 6.07) is 5.33. The van der Waals surface area contributed by atoms with Crippen LogP contribution in [0.1, 0.15) is 5.56 Å². The van der Waals surface area contributed by atoms with E-state index in [0.29, 0.717) is 16.7 Å². The molecule has 2 N–H and O–H groups in total. The van der Waals surface area contributed by atoms with Gasteiger partial charge in [-0.05, 0) is 30.7 Å². The van der Waals surface area contributed by atoms with Gasteiger partial charge in [0.2, 0.25) is 0 Å². The number of benzene rings is 1. The molecule has 0 radical (unpaired) electrons. The Morgan fingerprint density at radius 3 is 2.69 bits per heavy atom. The highest BCUT2D eigenvalue weighted by atomic mass is 35.5. The van der Waals surface area contributed by atoms with Crippen molar-refractivity contribution in [3.05, 3.63) is 41.2 Å². The lowest BCUT2D eigenvalue weighted by Crippen LogP contribution is -1.97. The minimum Gasteiger partial charge on any atom is -0.436 e. The lowest BCUT2D eigenvalue weighted by molar-refractivity contribution is 0.460. The monoisotopic (exact) mass is 235 g/mol. The first-order chi connectivity index (χ1) is 7.66. The highest BCUT2D eigenvalue weighted by Crippen LogP contribution is 2.27. The van der Waals surface area contributed by atoms with Crippen molar-refractivity contribution in [3.8, 4) is 11.6 Å². The molecule has 82 valence electrons. The number of hydrogen-bond acceptors (Lipinski definition) is 4. The zero-order valence-electron chi connectivity index (χ0n) is 8.64. The summed E-state index contributed by atoms with van der Waals surface area (Å²) < 4.78 is 5.54. The number of hydrogen-bond donors (Lipinski definition) is 1. The molecule has 5 heteroatoms. The van der Waals surface area contributed by atoms with Gasteiger partial charge in [0.1, 0.15) is 5.75 Å². The highest BCUT2D eigenvalue weighted by Gasteiger charge is 2.06. The van der Waals surface area contributed by atoms with E-state index in [1.165, 1.54) is 12.4 Å². The predicted octanol–water partition coefficient (Wildman–Crippen LogP) is 2.81. The van der Waals surface area contributed by atoms with Crippen LogP contribution in [0.25, 0.3) is 0 Å². The number of anilines is 1. The smallest absolute Gasteiger partial charge is 0.262 e. The normalized spacial score (nSPS) is 10.1. The molecule has 0 saturated carbocycles. The topological polar surface area (TPSA) is 61.0 Å². The Hall–Kier alpha value is -1.81. The molecular weight excluding hydrogens is 226 g/mol. The maximum Gasteiger partial charge on any atom is 0.262 e. The number of aromatic nitrogens is 2. The second-order valence-electron chi connectivity index (χ2n) is 3.26. The average molecular weight is 236 g/mol. The molecule has 2 rings (SSSR count). The van der Waals surface area contributed by atoms with Crippen molar-refractivity contribution in [2.24, 2.45) is 0 Å². The third-order valence-corrected chi connectivity index (χ3v) is 2.27. The first-order valence-electron chi connectivity index (χ1n) is 4.67. The van der Waals surface area contributed by atoms with E-state index >= 15 is 0 Å². The second kappa shape index (κ2) is 4.37. The first-order valence-corrected chi connectivity index (χ1v) is 5.05. The Labute approximate surface area is 98.0 Å². The molecule has 16 heavy (non-hydrogen) atoms. The highest BCUT2D eigenvalue weighted by molar-refractivity contribution is 6.30. The minimum atomic E-state index is 0.261. The molecule has 0 fully saturated rings. The average Bonchev–Trinajstić information content (AvgIpc) is 2.25. The summed E-state index contributed by atoms with van der Waals surface area (Å²) in [7, 11) is 0. The number of aryl methyl sites for hydroxylation is 1. The van der Waals surface area contributed by atoms with Crippen LogP contribution in [0.2, 0.25) is 5.02 Å². The Balaban J connectivity index is 2.31. The van der Waals surface area contributed by atoms with Crippen LogP contribution in [0.5, 0.6) is 11.6 Å². The van der Waals surface area contributed by atoms with Crippen molar-refractivity contribution in [3.63, 3.8) is 0 Å². The summed E-state index contributed by atoms with van der Waals surface area (Å²) in [6.45, 7) is 1.90. The molecule has 0 aliphatic heterocycles. The number of nitrogen functional groups attached to an aromatic ring is 1. The molecule has 0 amide bonds. The first kappa shape index (κ1) is 10.7. The predicted molar refractivity (Wildman–Crippen MR) is 62.7 cm³/mol. The summed E-state index contributed by atoms with van der Waals surface area (Å²) in [5, 5.41) is 0.664. The van der Waals surface area contributed by atoms with Crippen LogP contribution in [0.3, 0.4) is 0 Å². The number of rotatable bonds is 2. The van der Waals surface area contributed by atoms with E-state index in [1.807, 2.05) is 13.0 Å². The van der Waals surface area contributed by atoms with Gasteiger partial charge in [0.05, 0.1) is 0 Å². The molecule has 1 aromatic carbocycles. The van der Waals surface area contributed by atoms with Crippen molar-refractivity contribution >= 4 is 17.4 Å². The van der Waals surface area contributed by atoms with Crippen LogP contribution in [-0.4, -0.2) is 9.97 Å². The van der Waals surface area contributed by atoms with Crippen molar-refractivity contribution in [2.75, 3.05) is 5.73 Å². The molecular formula is C11H10ClN3O. The van der Waals surface area contributed by atoms with E-state index in [-0.39, 0.29) is 5.82 Å². The molecule has 0 aliphatic rings. The van der Waals surface area contributed by atoms with Crippen molar-refractivity contribution in [1.29, 1.82) is 0 Å². The van der Waals surface area contributed by atoms with Crippen LogP contribution < -0.4 is 10.5 Å². The number of halogens is 1. The van der Waals surface area contributed by atoms with E-state index in [2.05, 4.69) is 9.97 Å². The third-order valence-electron chi connectivity index (χ3n) is 2.03. The summed E-state index contributed by atoms with van der Waals surface area (Å²) in [5.41, 5.74) is 6.54. The lowest BCUT2D eigenvalue weighted by atomic mass is 10.2. The van der Waals surface area contributed by atoms with E-state index in [4.69, 9.17) is 22.1 Å². The molecule has 1 aromatic heterocycles. The van der Waals surface area contributed by atoms with Crippen LogP contribution in [0.15, 0.2) is 30.6 Å². The number of ether oxygens (including phenoxy) is 1. The van der Waals surface area contributed by atoms with Crippen LogP contribution in [0, 0.1) is 6.92 Å². The van der Waals surface area contributed by atoms with Gasteiger partial charge in [-0.1, -0.05) is 11.6 Å². The fraction of sp³-hybridized carbons (Fsp3) is 0.0909. The molecule has 2 aromatic rings. The van der Waals surface area contributed by atoms with Gasteiger partial charge in [-0.2, -0.15) is 0 Å². The van der Waals surface area contributed by atoms with Crippen LogP contribution >= 0.6 is 11.6 Å². The fourth-order valence-electron chi connectivity index (χ4n) is 1.25. The van der Waals surface area contributed by atoms with E-state index in [0.717, 1.165) is 5.56 Å². The van der Waals surface area contributed by atoms with Gasteiger partial charge in [-0.15, -0.1) is 0 Å². The molecule has 0 saturated heterocycles. The summed E-state index contributed by atoms with van der Waals surface area (Å²) in [6.07, 6.45) is 3.04. The van der Waals surface area contributed by atoms with Crippen molar-refractivity contribution < 1.29 is 4.74 Å². The maximum atomic E-state index is 5.84. The van der Waals surface area contributed by atoms with Crippen molar-refractivity contribution in [1.82, 2.24) is 9.97 Å². The number of nitrogens with two attached hydrogens (primary N) is 1. The summed E-state index contributed by atoms with van der Waals surface area (Å²) in [4.78, 5) is 7.88. The third kappa shape index (κ3) is 2.23. The molecule has 1 heterocycles. The van der Waals surface area contributed by atoms with Gasteiger partial charge in [0.15, 0.2) is 5.82 Å². The second-order valence-corrected chi connectivity index (χ2v) is 3.70. The molecule has 4 nitrogen and oxygen atoms in total. The standard InChI is InChI=1S/C11H10ClN3O/c1-7-6-8(12)2-3-9(7)16-11-10(13)14-4-5-15-11/h2-6H,1H3,(H2,13,14). The van der Waals surface area contributed by atoms with Gasteiger partial charge in [-0.3, -0.25) is 0 Å². The largest absolute Gasteiger partial charge is 0.436 e. The van der Waals surface area contributed by atoms with E-state index < -0.39 is 0 Å². The Morgan fingerprint density at radius 1 is 1.25 bits per heavy atom. The van der Waals surface area contributed by atoms with Gasteiger partial charge < -0.3 is 10.5 Å². The zero-order valence-corrected chi connectivity index (χ0v) is 9.40. The van der Waals surface area contributed by atoms with Gasteiger partial charge in [0.25, 0.3) is 5.88 Å². The van der Waals surface area contributed by atoms with Gasteiger partial charge >= 0.3 is 0 Å². The zero-order chi connectivity index (χ0) is 11.5. The lowest BCUT2D eigenvalue weighted by Gasteiger charge is -2.08. The van der Waals surface area contributed by atoms with E-state index in [9.17, 15) is 0 Å².